The van der Waals surface area contributed by atoms with Crippen LogP contribution < -0.4 is 10.6 Å². The number of hydrogen-bond acceptors (Lipinski definition) is 4. The van der Waals surface area contributed by atoms with Gasteiger partial charge in [0.25, 0.3) is 5.91 Å². The third kappa shape index (κ3) is 2.70. The van der Waals surface area contributed by atoms with Crippen LogP contribution in [0.5, 0.6) is 0 Å². The molecule has 0 aliphatic carbocycles. The summed E-state index contributed by atoms with van der Waals surface area (Å²) in [6.07, 6.45) is -0.00624. The van der Waals surface area contributed by atoms with Crippen molar-refractivity contribution in [3.63, 3.8) is 0 Å². The molecule has 2 N–H and O–H groups in total. The van der Waals surface area contributed by atoms with Crippen LogP contribution in [-0.2, 0) is 14.3 Å². The molecule has 0 saturated carbocycles. The quantitative estimate of drug-likeness (QED) is 0.561. The summed E-state index contributed by atoms with van der Waals surface area (Å²) >= 11 is 0. The average Bonchev–Trinajstić information content (AvgIpc) is 2.54. The van der Waals surface area contributed by atoms with Crippen LogP contribution in [0.1, 0.15) is 6.42 Å². The van der Waals surface area contributed by atoms with Crippen molar-refractivity contribution >= 4 is 11.8 Å². The third-order valence-corrected chi connectivity index (χ3v) is 2.83. The number of carbonyl (C=O) groups excluding carboxylic acids is 2. The number of nitrogens with one attached hydrogen (secondary N) is 2. The zero-order valence-corrected chi connectivity index (χ0v) is 9.20. The Hall–Kier alpha value is -1.14. The maximum Gasteiger partial charge on any atom is 0.253 e. The highest BCUT2D eigenvalue weighted by molar-refractivity contribution is 5.83. The summed E-state index contributed by atoms with van der Waals surface area (Å²) in [5, 5.41) is 5.87. The van der Waals surface area contributed by atoms with Crippen molar-refractivity contribution < 1.29 is 14.3 Å². The minimum atomic E-state index is -0.387. The van der Waals surface area contributed by atoms with Crippen molar-refractivity contribution in [1.29, 1.82) is 0 Å². The summed E-state index contributed by atoms with van der Waals surface area (Å²) in [5.74, 6) is 0.00156. The molecule has 2 heterocycles. The minimum absolute atomic E-state index is 0.0105. The van der Waals surface area contributed by atoms with Gasteiger partial charge in [-0.3, -0.25) is 9.59 Å². The molecule has 2 fully saturated rings. The Labute approximate surface area is 94.3 Å². The predicted octanol–water partition coefficient (Wildman–Crippen LogP) is -1.68. The van der Waals surface area contributed by atoms with E-state index in [-0.39, 0.29) is 17.9 Å². The van der Waals surface area contributed by atoms with Crippen molar-refractivity contribution in [1.82, 2.24) is 15.5 Å². The molecule has 0 bridgehead atoms. The Kier molecular flexibility index (Phi) is 3.74. The Morgan fingerprint density at radius 3 is 3.00 bits per heavy atom. The van der Waals surface area contributed by atoms with Crippen LogP contribution in [0, 0.1) is 0 Å². The molecule has 6 nitrogen and oxygen atoms in total. The van der Waals surface area contributed by atoms with Crippen LogP contribution in [0.3, 0.4) is 0 Å². The zero-order chi connectivity index (χ0) is 11.4. The molecule has 1 unspecified atom stereocenters. The second kappa shape index (κ2) is 5.27. The van der Waals surface area contributed by atoms with Gasteiger partial charge in [0.15, 0.2) is 0 Å². The Morgan fingerprint density at radius 2 is 2.25 bits per heavy atom. The number of morpholine rings is 1. The van der Waals surface area contributed by atoms with Gasteiger partial charge >= 0.3 is 0 Å². The topological polar surface area (TPSA) is 70.7 Å². The van der Waals surface area contributed by atoms with Gasteiger partial charge in [0.1, 0.15) is 6.10 Å². The smallest absolute Gasteiger partial charge is 0.253 e. The van der Waals surface area contributed by atoms with Crippen molar-refractivity contribution in [3.8, 4) is 0 Å². The number of hydrogen-bond donors (Lipinski definition) is 2. The molecule has 0 radical (unpaired) electrons. The first-order chi connectivity index (χ1) is 7.77. The molecule has 0 aromatic rings. The van der Waals surface area contributed by atoms with Crippen LogP contribution in [0.15, 0.2) is 0 Å². The van der Waals surface area contributed by atoms with Gasteiger partial charge in [-0.25, -0.2) is 0 Å². The average molecular weight is 227 g/mol. The number of ether oxygens (including phenoxy) is 1. The lowest BCUT2D eigenvalue weighted by Gasteiger charge is -2.28. The number of rotatable bonds is 1. The monoisotopic (exact) mass is 227 g/mol. The summed E-state index contributed by atoms with van der Waals surface area (Å²) in [5.41, 5.74) is 0. The van der Waals surface area contributed by atoms with E-state index < -0.39 is 0 Å². The van der Waals surface area contributed by atoms with Gasteiger partial charge in [0, 0.05) is 39.1 Å². The van der Waals surface area contributed by atoms with E-state index in [1.165, 1.54) is 0 Å². The van der Waals surface area contributed by atoms with Gasteiger partial charge in [-0.15, -0.1) is 0 Å². The van der Waals surface area contributed by atoms with Crippen molar-refractivity contribution in [2.24, 2.45) is 0 Å². The summed E-state index contributed by atoms with van der Waals surface area (Å²) in [6.45, 7) is 3.53. The maximum atomic E-state index is 12.0. The molecule has 2 saturated heterocycles. The van der Waals surface area contributed by atoms with Crippen LogP contribution in [-0.4, -0.2) is 62.1 Å². The summed E-state index contributed by atoms with van der Waals surface area (Å²) < 4.78 is 5.40. The summed E-state index contributed by atoms with van der Waals surface area (Å²) in [7, 11) is 0. The Balaban J connectivity index is 1.89. The fourth-order valence-electron chi connectivity index (χ4n) is 1.92. The minimum Gasteiger partial charge on any atom is -0.366 e. The Bertz CT molecular complexity index is 276. The van der Waals surface area contributed by atoms with Gasteiger partial charge in [-0.1, -0.05) is 0 Å². The van der Waals surface area contributed by atoms with Crippen molar-refractivity contribution in [2.45, 2.75) is 12.5 Å². The highest BCUT2D eigenvalue weighted by atomic mass is 16.5. The zero-order valence-electron chi connectivity index (χ0n) is 9.20. The second-order valence-corrected chi connectivity index (χ2v) is 3.99. The van der Waals surface area contributed by atoms with Crippen LogP contribution in [0.2, 0.25) is 0 Å². The lowest BCUT2D eigenvalue weighted by Crippen LogP contribution is -2.50. The van der Waals surface area contributed by atoms with E-state index in [0.717, 1.165) is 6.54 Å². The second-order valence-electron chi connectivity index (χ2n) is 3.99. The molecule has 90 valence electrons. The number of carbonyl (C=O) groups is 2. The molecular formula is C10H17N3O3. The van der Waals surface area contributed by atoms with Crippen molar-refractivity contribution in [3.05, 3.63) is 0 Å². The lowest BCUT2D eigenvalue weighted by molar-refractivity contribution is -0.145. The van der Waals surface area contributed by atoms with Gasteiger partial charge in [0.2, 0.25) is 5.91 Å². The Morgan fingerprint density at radius 1 is 1.38 bits per heavy atom. The van der Waals surface area contributed by atoms with Crippen LogP contribution >= 0.6 is 0 Å². The normalized spacial score (nSPS) is 27.1. The van der Waals surface area contributed by atoms with Gasteiger partial charge in [0.05, 0.1) is 6.61 Å². The van der Waals surface area contributed by atoms with Gasteiger partial charge < -0.3 is 20.3 Å². The highest BCUT2D eigenvalue weighted by Crippen LogP contribution is 2.05. The third-order valence-electron chi connectivity index (χ3n) is 2.83. The predicted molar refractivity (Wildman–Crippen MR) is 56.8 cm³/mol. The van der Waals surface area contributed by atoms with E-state index in [1.807, 2.05) is 0 Å². The van der Waals surface area contributed by atoms with Crippen molar-refractivity contribution in [2.75, 3.05) is 39.3 Å². The highest BCUT2D eigenvalue weighted by Gasteiger charge is 2.27. The van der Waals surface area contributed by atoms with Gasteiger partial charge in [-0.05, 0) is 0 Å². The molecule has 0 aromatic heterocycles. The van der Waals surface area contributed by atoms with E-state index in [4.69, 9.17) is 4.74 Å². The number of nitrogens with zero attached hydrogens (tertiary/aromatic N) is 1. The first kappa shape index (κ1) is 11.3. The van der Waals surface area contributed by atoms with Gasteiger partial charge in [-0.2, -0.15) is 0 Å². The molecular weight excluding hydrogens is 210 g/mol. The molecule has 2 aliphatic rings. The molecule has 16 heavy (non-hydrogen) atoms. The standard InChI is InChI=1S/C10H17N3O3/c14-9-1-4-13(5-2-12-9)10(15)8-7-11-3-6-16-8/h8,11H,1-7H2,(H,12,14). The largest absolute Gasteiger partial charge is 0.366 e. The number of amides is 2. The van der Waals surface area contributed by atoms with E-state index in [1.54, 1.807) is 4.90 Å². The van der Waals surface area contributed by atoms with Crippen LogP contribution in [0.25, 0.3) is 0 Å². The lowest BCUT2D eigenvalue weighted by atomic mass is 10.2. The van der Waals surface area contributed by atoms with E-state index >= 15 is 0 Å². The SMILES string of the molecule is O=C1CCN(C(=O)C2CNCCO2)CCN1. The molecule has 2 aliphatic heterocycles. The molecule has 6 heteroatoms. The first-order valence-electron chi connectivity index (χ1n) is 5.65. The summed E-state index contributed by atoms with van der Waals surface area (Å²) in [4.78, 5) is 24.9. The molecule has 2 amide bonds. The summed E-state index contributed by atoms with van der Waals surface area (Å²) in [6, 6.07) is 0. The molecule has 2 rings (SSSR count). The molecule has 1 atom stereocenters. The fourth-order valence-corrected chi connectivity index (χ4v) is 1.92. The first-order valence-corrected chi connectivity index (χ1v) is 5.65. The van der Waals surface area contributed by atoms with E-state index in [9.17, 15) is 9.59 Å². The molecule has 0 spiro atoms. The van der Waals surface area contributed by atoms with E-state index in [0.29, 0.717) is 39.2 Å². The molecule has 0 aromatic carbocycles. The maximum absolute atomic E-state index is 12.0. The van der Waals surface area contributed by atoms with Crippen LogP contribution in [0.4, 0.5) is 0 Å². The fraction of sp³-hybridized carbons (Fsp3) is 0.800. The van der Waals surface area contributed by atoms with E-state index in [2.05, 4.69) is 10.6 Å².